The molecule has 7 heteroatoms. The minimum Gasteiger partial charge on any atom is -0.331 e. The van der Waals surface area contributed by atoms with E-state index in [-0.39, 0.29) is 35.1 Å². The SMILES string of the molecule is CC(F)[C@H]1C[C@@H]1c1cc(C2=CNC(=O)CC2=O)nnc1Cl. The maximum atomic E-state index is 13.3. The van der Waals surface area contributed by atoms with Gasteiger partial charge in [0.25, 0.3) is 0 Å². The number of ketones is 1. The highest BCUT2D eigenvalue weighted by molar-refractivity contribution is 6.30. The van der Waals surface area contributed by atoms with Gasteiger partial charge in [-0.1, -0.05) is 11.6 Å². The number of alkyl halides is 1. The number of amides is 1. The second kappa shape index (κ2) is 5.18. The predicted octanol–water partition coefficient (Wildman–Crippen LogP) is 2.02. The average molecular weight is 310 g/mol. The summed E-state index contributed by atoms with van der Waals surface area (Å²) in [6.07, 6.45) is 0.932. The number of aromatic nitrogens is 2. The van der Waals surface area contributed by atoms with Gasteiger partial charge in [-0.25, -0.2) is 4.39 Å². The van der Waals surface area contributed by atoms with Gasteiger partial charge in [-0.2, -0.15) is 0 Å². The molecule has 1 amide bonds. The largest absolute Gasteiger partial charge is 0.331 e. The molecule has 1 N–H and O–H groups in total. The van der Waals surface area contributed by atoms with Crippen molar-refractivity contribution in [1.82, 2.24) is 15.5 Å². The van der Waals surface area contributed by atoms with E-state index in [1.807, 2.05) is 0 Å². The Morgan fingerprint density at radius 2 is 2.19 bits per heavy atom. The molecule has 3 rings (SSSR count). The van der Waals surface area contributed by atoms with Crippen molar-refractivity contribution >= 4 is 28.9 Å². The van der Waals surface area contributed by atoms with E-state index in [1.165, 1.54) is 13.1 Å². The zero-order valence-electron chi connectivity index (χ0n) is 11.3. The molecular formula is C14H13ClFN3O2. The second-order valence-electron chi connectivity index (χ2n) is 5.38. The van der Waals surface area contributed by atoms with Crippen LogP contribution in [0.3, 0.4) is 0 Å². The lowest BCUT2D eigenvalue weighted by Crippen LogP contribution is -2.27. The van der Waals surface area contributed by atoms with Crippen molar-refractivity contribution in [2.24, 2.45) is 5.92 Å². The summed E-state index contributed by atoms with van der Waals surface area (Å²) in [6.45, 7) is 1.52. The van der Waals surface area contributed by atoms with Gasteiger partial charge in [-0.3, -0.25) is 9.59 Å². The van der Waals surface area contributed by atoms with Crippen LogP contribution < -0.4 is 5.32 Å². The number of allylic oxidation sites excluding steroid dienone is 1. The highest BCUT2D eigenvalue weighted by Gasteiger charge is 2.44. The number of halogens is 2. The average Bonchev–Trinajstić information content (AvgIpc) is 3.20. The van der Waals surface area contributed by atoms with Gasteiger partial charge < -0.3 is 5.32 Å². The number of nitrogens with zero attached hydrogens (tertiary/aromatic N) is 2. The van der Waals surface area contributed by atoms with Gasteiger partial charge in [0.1, 0.15) is 6.17 Å². The Labute approximate surface area is 125 Å². The number of Topliss-reactive ketones (excluding diaryl/α,β-unsaturated/α-hetero) is 1. The predicted molar refractivity (Wildman–Crippen MR) is 74.2 cm³/mol. The third-order valence-electron chi connectivity index (χ3n) is 3.88. The number of nitrogens with one attached hydrogen (secondary N) is 1. The Balaban J connectivity index is 1.92. The molecule has 1 aromatic rings. The van der Waals surface area contributed by atoms with Crippen molar-refractivity contribution in [3.63, 3.8) is 0 Å². The van der Waals surface area contributed by atoms with Crippen LogP contribution in [0, 0.1) is 5.92 Å². The molecule has 0 spiro atoms. The molecule has 0 saturated heterocycles. The summed E-state index contributed by atoms with van der Waals surface area (Å²) in [7, 11) is 0. The van der Waals surface area contributed by atoms with Gasteiger partial charge in [-0.05, 0) is 36.8 Å². The van der Waals surface area contributed by atoms with Crippen LogP contribution in [-0.4, -0.2) is 28.1 Å². The summed E-state index contributed by atoms with van der Waals surface area (Å²) in [4.78, 5) is 23.0. The fourth-order valence-corrected chi connectivity index (χ4v) is 2.84. The van der Waals surface area contributed by atoms with Gasteiger partial charge in [-0.15, -0.1) is 10.2 Å². The van der Waals surface area contributed by atoms with Crippen LogP contribution in [0.2, 0.25) is 5.15 Å². The highest BCUT2D eigenvalue weighted by Crippen LogP contribution is 2.52. The van der Waals surface area contributed by atoms with Gasteiger partial charge in [0.15, 0.2) is 10.9 Å². The molecule has 2 aliphatic rings. The molecule has 1 aliphatic heterocycles. The van der Waals surface area contributed by atoms with E-state index in [9.17, 15) is 14.0 Å². The lowest BCUT2D eigenvalue weighted by molar-refractivity contribution is -0.125. The van der Waals surface area contributed by atoms with Crippen LogP contribution in [0.4, 0.5) is 4.39 Å². The zero-order chi connectivity index (χ0) is 15.1. The number of rotatable bonds is 3. The van der Waals surface area contributed by atoms with Gasteiger partial charge in [0, 0.05) is 6.20 Å². The molecular weight excluding hydrogens is 297 g/mol. The second-order valence-corrected chi connectivity index (χ2v) is 5.74. The van der Waals surface area contributed by atoms with Crippen molar-refractivity contribution in [3.8, 4) is 0 Å². The quantitative estimate of drug-likeness (QED) is 0.867. The Hall–Kier alpha value is -1.82. The lowest BCUT2D eigenvalue weighted by atomic mass is 10.0. The summed E-state index contributed by atoms with van der Waals surface area (Å²) in [5.41, 5.74) is 1.36. The van der Waals surface area contributed by atoms with Crippen LogP contribution in [0.25, 0.3) is 5.57 Å². The van der Waals surface area contributed by atoms with E-state index >= 15 is 0 Å². The molecule has 1 aromatic heterocycles. The molecule has 0 radical (unpaired) electrons. The normalized spacial score (nSPS) is 26.1. The van der Waals surface area contributed by atoms with E-state index in [4.69, 9.17) is 11.6 Å². The molecule has 21 heavy (non-hydrogen) atoms. The standard InChI is InChI=1S/C14H13ClFN3O2/c1-6(16)7-2-8(7)9-3-11(18-19-14(9)15)10-5-17-13(21)4-12(10)20/h3,5-8H,2,4H2,1H3,(H,17,21)/t6?,7-,8+/m1/s1. The number of carbonyl (C=O) groups excluding carboxylic acids is 2. The monoisotopic (exact) mass is 309 g/mol. The summed E-state index contributed by atoms with van der Waals surface area (Å²) in [5, 5.41) is 10.5. The van der Waals surface area contributed by atoms with Crippen molar-refractivity contribution in [2.45, 2.75) is 31.9 Å². The molecule has 1 aliphatic carbocycles. The molecule has 2 heterocycles. The highest BCUT2D eigenvalue weighted by atomic mass is 35.5. The van der Waals surface area contributed by atoms with Crippen LogP contribution in [0.5, 0.6) is 0 Å². The summed E-state index contributed by atoms with van der Waals surface area (Å²) in [5.74, 6) is -0.706. The first-order chi connectivity index (χ1) is 9.97. The minimum atomic E-state index is -0.905. The summed E-state index contributed by atoms with van der Waals surface area (Å²) >= 11 is 6.03. The topological polar surface area (TPSA) is 72.0 Å². The van der Waals surface area contributed by atoms with Crippen molar-refractivity contribution in [2.75, 3.05) is 0 Å². The molecule has 1 unspecified atom stereocenters. The van der Waals surface area contributed by atoms with Gasteiger partial charge in [0.05, 0.1) is 17.7 Å². The zero-order valence-corrected chi connectivity index (χ0v) is 12.0. The number of hydrogen-bond acceptors (Lipinski definition) is 4. The maximum Gasteiger partial charge on any atom is 0.231 e. The maximum absolute atomic E-state index is 13.3. The van der Waals surface area contributed by atoms with Gasteiger partial charge in [0.2, 0.25) is 5.91 Å². The molecule has 1 saturated carbocycles. The van der Waals surface area contributed by atoms with E-state index in [0.717, 1.165) is 0 Å². The van der Waals surface area contributed by atoms with E-state index < -0.39 is 6.17 Å². The van der Waals surface area contributed by atoms with Crippen LogP contribution in [-0.2, 0) is 9.59 Å². The smallest absolute Gasteiger partial charge is 0.231 e. The Kier molecular flexibility index (Phi) is 3.49. The molecule has 5 nitrogen and oxygen atoms in total. The molecule has 110 valence electrons. The van der Waals surface area contributed by atoms with Crippen molar-refractivity contribution in [3.05, 3.63) is 28.7 Å². The van der Waals surface area contributed by atoms with E-state index in [1.54, 1.807) is 6.07 Å². The molecule has 3 atom stereocenters. The first-order valence-electron chi connectivity index (χ1n) is 6.67. The summed E-state index contributed by atoms with van der Waals surface area (Å²) in [6, 6.07) is 1.67. The number of carbonyl (C=O) groups is 2. The van der Waals surface area contributed by atoms with Crippen LogP contribution in [0.1, 0.15) is 36.9 Å². The fourth-order valence-electron chi connectivity index (χ4n) is 2.60. The first kappa shape index (κ1) is 14.1. The Bertz CT molecular complexity index is 660. The Morgan fingerprint density at radius 3 is 2.81 bits per heavy atom. The van der Waals surface area contributed by atoms with Gasteiger partial charge >= 0.3 is 0 Å². The minimum absolute atomic E-state index is 0.0145. The van der Waals surface area contributed by atoms with Crippen LogP contribution >= 0.6 is 11.6 Å². The van der Waals surface area contributed by atoms with Crippen molar-refractivity contribution in [1.29, 1.82) is 0 Å². The lowest BCUT2D eigenvalue weighted by Gasteiger charge is -2.12. The molecule has 0 aromatic carbocycles. The third kappa shape index (κ3) is 2.68. The summed E-state index contributed by atoms with van der Waals surface area (Å²) < 4.78 is 13.3. The van der Waals surface area contributed by atoms with E-state index in [2.05, 4.69) is 15.5 Å². The first-order valence-corrected chi connectivity index (χ1v) is 7.05. The third-order valence-corrected chi connectivity index (χ3v) is 4.17. The van der Waals surface area contributed by atoms with Crippen molar-refractivity contribution < 1.29 is 14.0 Å². The Morgan fingerprint density at radius 1 is 1.43 bits per heavy atom. The van der Waals surface area contributed by atoms with E-state index in [0.29, 0.717) is 23.3 Å². The molecule has 0 bridgehead atoms. The number of hydrogen-bond donors (Lipinski definition) is 1. The molecule has 1 fully saturated rings. The van der Waals surface area contributed by atoms with Crippen LogP contribution in [0.15, 0.2) is 12.3 Å². The fraction of sp³-hybridized carbons (Fsp3) is 0.429.